The van der Waals surface area contributed by atoms with Gasteiger partial charge < -0.3 is 5.11 Å². The van der Waals surface area contributed by atoms with Gasteiger partial charge >= 0.3 is 0 Å². The van der Waals surface area contributed by atoms with Gasteiger partial charge in [0.25, 0.3) is 0 Å². The average molecular weight is 256 g/mol. The van der Waals surface area contributed by atoms with Gasteiger partial charge in [-0.1, -0.05) is 45.2 Å². The predicted molar refractivity (Wildman–Crippen MR) is 50.3 cm³/mol. The monoisotopic (exact) mass is 254 g/mol. The van der Waals surface area contributed by atoms with Gasteiger partial charge in [0.15, 0.2) is 0 Å². The Hall–Kier alpha value is 0.0800. The number of hydrogen-bond donors (Lipinski definition) is 1. The van der Waals surface area contributed by atoms with Gasteiger partial charge in [0.2, 0.25) is 0 Å². The van der Waals surface area contributed by atoms with Crippen LogP contribution in [0.5, 0.6) is 5.75 Å². The fourth-order valence-electron chi connectivity index (χ4n) is 0.742. The van der Waals surface area contributed by atoms with Crippen LogP contribution in [0.15, 0.2) is 22.7 Å². The van der Waals surface area contributed by atoms with Crippen molar-refractivity contribution in [3.05, 3.63) is 28.2 Å². The predicted octanol–water partition coefficient (Wildman–Crippen LogP) is 3.63. The fourth-order valence-corrected chi connectivity index (χ4v) is 2.05. The molecular weight excluding hydrogens is 251 g/mol. The summed E-state index contributed by atoms with van der Waals surface area (Å²) in [6, 6.07) is 5.02. The van der Waals surface area contributed by atoms with Gasteiger partial charge in [-0.05, 0) is 12.1 Å². The maximum Gasteiger partial charge on any atom is 0.137 e. The maximum absolute atomic E-state index is 9.26. The highest BCUT2D eigenvalue weighted by molar-refractivity contribution is 9.10. The van der Waals surface area contributed by atoms with Crippen LogP contribution in [0.1, 0.15) is 10.4 Å². The molecule has 1 N–H and O–H groups in total. The number of hydrogen-bond acceptors (Lipinski definition) is 1. The Labute approximate surface area is 83.1 Å². The number of aromatic hydroxyl groups is 1. The minimum Gasteiger partial charge on any atom is -0.508 e. The molecule has 0 radical (unpaired) electrons. The molecule has 0 aromatic heterocycles. The average Bonchev–Trinajstić information content (AvgIpc) is 1.85. The molecule has 0 saturated carbocycles. The molecule has 0 unspecified atom stereocenters. The molecule has 11 heavy (non-hydrogen) atoms. The maximum atomic E-state index is 9.26. The van der Waals surface area contributed by atoms with E-state index >= 15 is 0 Å². The quantitative estimate of drug-likeness (QED) is 0.760. The molecule has 60 valence electrons. The Morgan fingerprint density at radius 1 is 1.36 bits per heavy atom. The Bertz CT molecular complexity index is 242. The van der Waals surface area contributed by atoms with E-state index in [1.54, 1.807) is 12.1 Å². The Morgan fingerprint density at radius 2 is 2.00 bits per heavy atom. The van der Waals surface area contributed by atoms with E-state index in [4.69, 9.17) is 23.2 Å². The van der Waals surface area contributed by atoms with E-state index in [0.29, 0.717) is 10.0 Å². The second-order valence-corrected chi connectivity index (χ2v) is 3.92. The fraction of sp³-hybridized carbons (Fsp3) is 0.143. The van der Waals surface area contributed by atoms with Crippen LogP contribution in [0.4, 0.5) is 0 Å². The van der Waals surface area contributed by atoms with E-state index in [1.807, 2.05) is 0 Å². The molecule has 0 aliphatic rings. The molecule has 0 aliphatic heterocycles. The van der Waals surface area contributed by atoms with Gasteiger partial charge in [-0.15, -0.1) is 0 Å². The van der Waals surface area contributed by atoms with E-state index in [2.05, 4.69) is 15.9 Å². The first-order chi connectivity index (χ1) is 5.13. The van der Waals surface area contributed by atoms with E-state index in [1.165, 1.54) is 6.07 Å². The lowest BCUT2D eigenvalue weighted by atomic mass is 10.2. The van der Waals surface area contributed by atoms with Crippen LogP contribution < -0.4 is 0 Å². The third-order valence-corrected chi connectivity index (χ3v) is 2.38. The van der Waals surface area contributed by atoms with Crippen molar-refractivity contribution in [2.24, 2.45) is 0 Å². The van der Waals surface area contributed by atoms with Gasteiger partial charge in [0.05, 0.1) is 0 Å². The number of halogens is 3. The molecule has 4 heteroatoms. The smallest absolute Gasteiger partial charge is 0.137 e. The van der Waals surface area contributed by atoms with Crippen LogP contribution in [-0.4, -0.2) is 5.11 Å². The number of phenols is 1. The molecule has 0 amide bonds. The first-order valence-corrected chi connectivity index (χ1v) is 4.55. The highest BCUT2D eigenvalue weighted by Crippen LogP contribution is 2.37. The molecule has 1 rings (SSSR count). The molecule has 0 spiro atoms. The Morgan fingerprint density at radius 3 is 2.36 bits per heavy atom. The zero-order valence-electron chi connectivity index (χ0n) is 5.39. The summed E-state index contributed by atoms with van der Waals surface area (Å²) in [6.07, 6.45) is 0. The summed E-state index contributed by atoms with van der Waals surface area (Å²) in [5.74, 6) is 0.106. The van der Waals surface area contributed by atoms with Crippen LogP contribution in [-0.2, 0) is 0 Å². The van der Waals surface area contributed by atoms with Gasteiger partial charge in [0, 0.05) is 10.0 Å². The lowest BCUT2D eigenvalue weighted by Crippen LogP contribution is -1.84. The summed E-state index contributed by atoms with van der Waals surface area (Å²) >= 11 is 14.4. The number of alkyl halides is 2. The first-order valence-electron chi connectivity index (χ1n) is 2.88. The molecule has 1 aromatic carbocycles. The van der Waals surface area contributed by atoms with Crippen LogP contribution >= 0.6 is 39.1 Å². The Balaban J connectivity index is 3.21. The highest BCUT2D eigenvalue weighted by atomic mass is 79.9. The molecule has 0 atom stereocenters. The Kier molecular flexibility index (Phi) is 3.05. The largest absolute Gasteiger partial charge is 0.508 e. The van der Waals surface area contributed by atoms with E-state index in [0.717, 1.165) is 0 Å². The van der Waals surface area contributed by atoms with E-state index < -0.39 is 4.84 Å². The van der Waals surface area contributed by atoms with Crippen LogP contribution in [0, 0.1) is 0 Å². The van der Waals surface area contributed by atoms with Crippen LogP contribution in [0.25, 0.3) is 0 Å². The van der Waals surface area contributed by atoms with Crippen molar-refractivity contribution in [3.8, 4) is 5.75 Å². The minimum absolute atomic E-state index is 0.106. The SMILES string of the molecule is Oc1cccc(Br)c1C(Cl)Cl. The molecule has 0 saturated heterocycles. The molecule has 1 nitrogen and oxygen atoms in total. The second kappa shape index (κ2) is 3.65. The topological polar surface area (TPSA) is 20.2 Å². The van der Waals surface area contributed by atoms with Crippen molar-refractivity contribution in [2.75, 3.05) is 0 Å². The summed E-state index contributed by atoms with van der Waals surface area (Å²) in [6.45, 7) is 0. The summed E-state index contributed by atoms with van der Waals surface area (Å²) in [5, 5.41) is 9.26. The molecule has 0 bridgehead atoms. The number of rotatable bonds is 1. The first kappa shape index (κ1) is 9.17. The summed E-state index contributed by atoms with van der Waals surface area (Å²) in [5.41, 5.74) is 0.510. The molecule has 1 aromatic rings. The summed E-state index contributed by atoms with van der Waals surface area (Å²) in [7, 11) is 0. The van der Waals surface area contributed by atoms with Crippen molar-refractivity contribution in [3.63, 3.8) is 0 Å². The molecule has 0 heterocycles. The third kappa shape index (κ3) is 2.01. The van der Waals surface area contributed by atoms with Crippen LogP contribution in [0.2, 0.25) is 0 Å². The standard InChI is InChI=1S/C7H5BrCl2O/c8-4-2-1-3-5(11)6(4)7(9)10/h1-3,7,11H. The second-order valence-electron chi connectivity index (χ2n) is 1.97. The molecular formula is C7H5BrCl2O. The van der Waals surface area contributed by atoms with Crippen molar-refractivity contribution < 1.29 is 5.11 Å². The van der Waals surface area contributed by atoms with Crippen molar-refractivity contribution >= 4 is 39.1 Å². The van der Waals surface area contributed by atoms with E-state index in [9.17, 15) is 5.11 Å². The molecule has 0 fully saturated rings. The zero-order chi connectivity index (χ0) is 8.43. The van der Waals surface area contributed by atoms with Crippen molar-refractivity contribution in [1.29, 1.82) is 0 Å². The minimum atomic E-state index is -0.703. The highest BCUT2D eigenvalue weighted by Gasteiger charge is 2.12. The van der Waals surface area contributed by atoms with Gasteiger partial charge in [-0.25, -0.2) is 0 Å². The van der Waals surface area contributed by atoms with Crippen LogP contribution in [0.3, 0.4) is 0 Å². The summed E-state index contributed by atoms with van der Waals surface area (Å²) < 4.78 is 0.715. The lowest BCUT2D eigenvalue weighted by Gasteiger charge is -2.06. The van der Waals surface area contributed by atoms with E-state index in [-0.39, 0.29) is 5.75 Å². The normalized spacial score (nSPS) is 10.5. The van der Waals surface area contributed by atoms with Gasteiger partial charge in [-0.2, -0.15) is 0 Å². The number of phenolic OH excluding ortho intramolecular Hbond substituents is 1. The zero-order valence-corrected chi connectivity index (χ0v) is 8.49. The molecule has 0 aliphatic carbocycles. The summed E-state index contributed by atoms with van der Waals surface area (Å²) in [4.78, 5) is -0.703. The lowest BCUT2D eigenvalue weighted by molar-refractivity contribution is 0.469. The van der Waals surface area contributed by atoms with Gasteiger partial charge in [0.1, 0.15) is 10.6 Å². The van der Waals surface area contributed by atoms with Crippen molar-refractivity contribution in [1.82, 2.24) is 0 Å². The third-order valence-electron chi connectivity index (χ3n) is 1.25. The number of benzene rings is 1. The van der Waals surface area contributed by atoms with Crippen molar-refractivity contribution in [2.45, 2.75) is 4.84 Å². The van der Waals surface area contributed by atoms with Gasteiger partial charge in [-0.3, -0.25) is 0 Å².